The quantitative estimate of drug-likeness (QED) is 0.567. The molecule has 78 valence electrons. The van der Waals surface area contributed by atoms with Crippen LogP contribution in [0.2, 0.25) is 0 Å². The molecular formula is C9H13BrN4Zn. The predicted octanol–water partition coefficient (Wildman–Crippen LogP) is 0.872. The molecular weight excluding hydrogens is 309 g/mol. The van der Waals surface area contributed by atoms with Gasteiger partial charge in [-0.1, -0.05) is 0 Å². The number of aromatic nitrogens is 2. The molecule has 0 radical (unpaired) electrons. The van der Waals surface area contributed by atoms with E-state index in [1.54, 1.807) is 12.4 Å². The van der Waals surface area contributed by atoms with Crippen LogP contribution in [0.4, 0.5) is 5.95 Å². The summed E-state index contributed by atoms with van der Waals surface area (Å²) in [5.41, 5.74) is 0. The second kappa shape index (κ2) is 7.26. The third-order valence-electron chi connectivity index (χ3n) is 2.30. The van der Waals surface area contributed by atoms with Crippen LogP contribution in [0, 0.1) is 6.07 Å². The average Bonchev–Trinajstić information content (AvgIpc) is 2.34. The fraction of sp³-hybridized carbons (Fsp3) is 0.556. The molecule has 1 saturated heterocycles. The Kier molecular flexibility index (Phi) is 6.29. The van der Waals surface area contributed by atoms with Crippen LogP contribution in [-0.2, 0) is 16.3 Å². The van der Waals surface area contributed by atoms with E-state index in [1.807, 2.05) is 0 Å². The fourth-order valence-corrected chi connectivity index (χ4v) is 1.43. The van der Waals surface area contributed by atoms with Gasteiger partial charge < -0.3 is 15.9 Å². The number of hydrogen-bond donors (Lipinski definition) is 0. The maximum absolute atomic E-state index is 4.17. The molecule has 1 aliphatic rings. The van der Waals surface area contributed by atoms with Crippen molar-refractivity contribution in [3.8, 4) is 0 Å². The van der Waals surface area contributed by atoms with Gasteiger partial charge in [-0.3, -0.25) is 9.97 Å². The summed E-state index contributed by atoms with van der Waals surface area (Å²) in [6, 6.07) is 2.82. The third kappa shape index (κ3) is 4.13. The predicted molar refractivity (Wildman–Crippen MR) is 59.5 cm³/mol. The number of likely N-dealkylation sites (N-methyl/N-ethyl adjacent to an activating group) is 1. The van der Waals surface area contributed by atoms with E-state index in [4.69, 9.17) is 0 Å². The van der Waals surface area contributed by atoms with E-state index in [-0.39, 0.29) is 0 Å². The SMILES string of the molecule is CN1CCN(c2nc[c-]cn2)CC1.[Zn+][Br]. The molecule has 0 amide bonds. The van der Waals surface area contributed by atoms with E-state index >= 15 is 0 Å². The standard InChI is InChI=1S/C9H13N4.BrH.Zn/c1-12-5-7-13(8-6-12)9-10-3-2-4-11-9;;/h3-4H,5-8H2,1H3;1H;/q-1;;+2/p-1. The summed E-state index contributed by atoms with van der Waals surface area (Å²) < 4.78 is 0. The van der Waals surface area contributed by atoms with Gasteiger partial charge in [0.25, 0.3) is 0 Å². The van der Waals surface area contributed by atoms with Crippen molar-refractivity contribution in [1.82, 2.24) is 14.9 Å². The van der Waals surface area contributed by atoms with Crippen molar-refractivity contribution < 1.29 is 16.3 Å². The Labute approximate surface area is 107 Å². The molecule has 1 aromatic rings. The summed E-state index contributed by atoms with van der Waals surface area (Å²) >= 11 is 4.25. The first kappa shape index (κ1) is 13.0. The second-order valence-corrected chi connectivity index (χ2v) is 3.27. The first-order valence-corrected chi connectivity index (χ1v) is 11.7. The van der Waals surface area contributed by atoms with Crippen LogP contribution < -0.4 is 4.90 Å². The maximum atomic E-state index is 4.17. The number of piperazine rings is 1. The van der Waals surface area contributed by atoms with E-state index < -0.39 is 0 Å². The van der Waals surface area contributed by atoms with E-state index in [1.165, 1.54) is 16.3 Å². The van der Waals surface area contributed by atoms with E-state index in [2.05, 4.69) is 46.5 Å². The summed E-state index contributed by atoms with van der Waals surface area (Å²) in [7, 11) is 2.14. The normalized spacial score (nSPS) is 16.9. The molecule has 0 atom stereocenters. The Morgan fingerprint density at radius 2 is 1.73 bits per heavy atom. The van der Waals surface area contributed by atoms with Crippen LogP contribution in [0.3, 0.4) is 0 Å². The number of nitrogens with zero attached hydrogens (tertiary/aromatic N) is 4. The molecule has 0 unspecified atom stereocenters. The Balaban J connectivity index is 0.000000531. The van der Waals surface area contributed by atoms with Crippen LogP contribution in [0.15, 0.2) is 12.4 Å². The topological polar surface area (TPSA) is 32.3 Å². The molecule has 0 bridgehead atoms. The van der Waals surface area contributed by atoms with Gasteiger partial charge in [-0.25, -0.2) is 0 Å². The molecule has 0 saturated carbocycles. The first-order valence-electron chi connectivity index (χ1n) is 4.74. The third-order valence-corrected chi connectivity index (χ3v) is 2.30. The van der Waals surface area contributed by atoms with Gasteiger partial charge >= 0.3 is 30.0 Å². The van der Waals surface area contributed by atoms with Crippen molar-refractivity contribution >= 4 is 19.6 Å². The zero-order valence-corrected chi connectivity index (χ0v) is 13.4. The van der Waals surface area contributed by atoms with Crippen molar-refractivity contribution in [2.75, 3.05) is 38.1 Å². The Bertz CT molecular complexity index is 264. The molecule has 4 nitrogen and oxygen atoms in total. The Morgan fingerprint density at radius 3 is 2.27 bits per heavy atom. The van der Waals surface area contributed by atoms with Crippen LogP contribution >= 0.6 is 13.6 Å². The molecule has 1 fully saturated rings. The van der Waals surface area contributed by atoms with Gasteiger partial charge in [-0.05, 0) is 7.05 Å². The molecule has 1 aliphatic heterocycles. The number of rotatable bonds is 1. The van der Waals surface area contributed by atoms with Crippen molar-refractivity contribution in [3.05, 3.63) is 18.5 Å². The van der Waals surface area contributed by atoms with Gasteiger partial charge in [0.1, 0.15) is 0 Å². The molecule has 0 N–H and O–H groups in total. The average molecular weight is 323 g/mol. The van der Waals surface area contributed by atoms with Crippen LogP contribution in [-0.4, -0.2) is 48.1 Å². The van der Waals surface area contributed by atoms with Gasteiger partial charge in [-0.15, -0.1) is 12.4 Å². The summed E-state index contributed by atoms with van der Waals surface area (Å²) in [4.78, 5) is 12.8. The number of hydrogen-bond acceptors (Lipinski definition) is 4. The second-order valence-electron chi connectivity index (χ2n) is 3.27. The van der Waals surface area contributed by atoms with Gasteiger partial charge in [0, 0.05) is 26.2 Å². The molecule has 0 spiro atoms. The number of halogens is 1. The fourth-order valence-electron chi connectivity index (χ4n) is 1.43. The van der Waals surface area contributed by atoms with E-state index in [9.17, 15) is 0 Å². The van der Waals surface area contributed by atoms with Gasteiger partial charge in [0.15, 0.2) is 0 Å². The van der Waals surface area contributed by atoms with Gasteiger partial charge in [0.05, 0.1) is 0 Å². The Hall–Kier alpha value is -0.0566. The molecule has 6 heteroatoms. The molecule has 15 heavy (non-hydrogen) atoms. The van der Waals surface area contributed by atoms with Gasteiger partial charge in [0.2, 0.25) is 5.95 Å². The number of anilines is 1. The van der Waals surface area contributed by atoms with E-state index in [0.717, 1.165) is 32.1 Å². The van der Waals surface area contributed by atoms with Gasteiger partial charge in [-0.2, -0.15) is 0 Å². The van der Waals surface area contributed by atoms with E-state index in [0.29, 0.717) is 0 Å². The minimum atomic E-state index is 0.826. The summed E-state index contributed by atoms with van der Waals surface area (Å²) in [5, 5.41) is 0. The van der Waals surface area contributed by atoms with Crippen molar-refractivity contribution in [3.63, 3.8) is 0 Å². The molecule has 0 aliphatic carbocycles. The monoisotopic (exact) mass is 320 g/mol. The first-order chi connectivity index (χ1) is 7.36. The zero-order valence-electron chi connectivity index (χ0n) is 8.86. The summed E-state index contributed by atoms with van der Waals surface area (Å²) in [5.74, 6) is 0.826. The zero-order chi connectivity index (χ0) is 11.1. The van der Waals surface area contributed by atoms with Crippen LogP contribution in [0.1, 0.15) is 0 Å². The Morgan fingerprint density at radius 1 is 1.20 bits per heavy atom. The van der Waals surface area contributed by atoms with Crippen molar-refractivity contribution in [2.45, 2.75) is 0 Å². The van der Waals surface area contributed by atoms with Crippen LogP contribution in [0.5, 0.6) is 0 Å². The molecule has 2 heterocycles. The van der Waals surface area contributed by atoms with Crippen molar-refractivity contribution in [1.29, 1.82) is 0 Å². The molecule has 0 aromatic carbocycles. The molecule has 1 aromatic heterocycles. The summed E-state index contributed by atoms with van der Waals surface area (Å²) in [6.07, 6.45) is 3.33. The minimum absolute atomic E-state index is 0.826. The summed E-state index contributed by atoms with van der Waals surface area (Å²) in [6.45, 7) is 4.20. The van der Waals surface area contributed by atoms with Crippen LogP contribution in [0.25, 0.3) is 0 Å². The van der Waals surface area contributed by atoms with Crippen molar-refractivity contribution in [2.24, 2.45) is 0 Å². The molecule has 2 rings (SSSR count).